The first-order valence-corrected chi connectivity index (χ1v) is 7.57. The molecule has 1 heterocycles. The zero-order valence-corrected chi connectivity index (χ0v) is 12.0. The van der Waals surface area contributed by atoms with Gasteiger partial charge in [-0.05, 0) is 12.8 Å². The maximum Gasteiger partial charge on any atom is 0.322 e. The number of nitrogens with one attached hydrogen (secondary N) is 1. The number of carboxylic acid groups (broad SMARTS) is 1. The summed E-state index contributed by atoms with van der Waals surface area (Å²) in [5.41, 5.74) is 0. The molecule has 0 saturated carbocycles. The molecule has 0 bridgehead atoms. The van der Waals surface area contributed by atoms with Gasteiger partial charge in [0.05, 0.1) is 6.33 Å². The van der Waals surface area contributed by atoms with Crippen molar-refractivity contribution in [1.29, 1.82) is 0 Å². The van der Waals surface area contributed by atoms with Crippen molar-refractivity contribution >= 4 is 16.0 Å². The van der Waals surface area contributed by atoms with E-state index in [4.69, 9.17) is 5.11 Å². The Balaban J connectivity index is 2.97. The molecule has 1 aromatic rings. The molecule has 0 saturated heterocycles. The first-order chi connectivity index (χ1) is 8.81. The number of sulfonamides is 1. The fraction of sp³-hybridized carbons (Fsp3) is 0.636. The summed E-state index contributed by atoms with van der Waals surface area (Å²) < 4.78 is 27.9. The number of hydrogen-bond donors (Lipinski definition) is 2. The van der Waals surface area contributed by atoms with Crippen LogP contribution in [0.15, 0.2) is 17.6 Å². The molecule has 1 aromatic heterocycles. The van der Waals surface area contributed by atoms with Crippen LogP contribution in [0, 0.1) is 5.92 Å². The van der Waals surface area contributed by atoms with E-state index in [0.717, 1.165) is 0 Å². The molecule has 0 radical (unpaired) electrons. The summed E-state index contributed by atoms with van der Waals surface area (Å²) in [5, 5.41) is 8.92. The van der Waals surface area contributed by atoms with E-state index in [1.165, 1.54) is 12.5 Å². The third-order valence-electron chi connectivity index (χ3n) is 3.01. The molecular weight excluding hydrogens is 270 g/mol. The van der Waals surface area contributed by atoms with E-state index < -0.39 is 22.0 Å². The Labute approximate surface area is 112 Å². The highest BCUT2D eigenvalue weighted by Crippen LogP contribution is 2.12. The number of aryl methyl sites for hydroxylation is 1. The number of carboxylic acids is 1. The average Bonchev–Trinajstić information content (AvgIpc) is 2.84. The van der Waals surface area contributed by atoms with Crippen LogP contribution in [0.1, 0.15) is 27.2 Å². The Hall–Kier alpha value is -1.41. The number of aromatic nitrogens is 2. The minimum absolute atomic E-state index is 0.163. The monoisotopic (exact) mass is 289 g/mol. The zero-order chi connectivity index (χ0) is 14.6. The van der Waals surface area contributed by atoms with Gasteiger partial charge in [0, 0.05) is 12.7 Å². The maximum absolute atomic E-state index is 12.0. The van der Waals surface area contributed by atoms with Crippen LogP contribution in [-0.4, -0.2) is 35.1 Å². The minimum atomic E-state index is -3.91. The summed E-state index contributed by atoms with van der Waals surface area (Å²) in [4.78, 5) is 14.9. The second kappa shape index (κ2) is 6.16. The Kier molecular flexibility index (Phi) is 5.07. The maximum atomic E-state index is 12.0. The highest BCUT2D eigenvalue weighted by molar-refractivity contribution is 7.89. The van der Waals surface area contributed by atoms with Crippen molar-refractivity contribution in [3.8, 4) is 0 Å². The van der Waals surface area contributed by atoms with Crippen molar-refractivity contribution in [3.05, 3.63) is 12.5 Å². The molecule has 2 atom stereocenters. The molecule has 8 heteroatoms. The van der Waals surface area contributed by atoms with Crippen LogP contribution in [0.5, 0.6) is 0 Å². The van der Waals surface area contributed by atoms with Gasteiger partial charge in [0.1, 0.15) is 6.04 Å². The van der Waals surface area contributed by atoms with E-state index in [-0.39, 0.29) is 10.9 Å². The van der Waals surface area contributed by atoms with Crippen LogP contribution >= 0.6 is 0 Å². The minimum Gasteiger partial charge on any atom is -0.480 e. The standard InChI is InChI=1S/C11H19N3O4S/c1-4-8(3)10(11(15)16)13-19(17,18)9-6-14(5-2)7-12-9/h6-8,10,13H,4-5H2,1-3H3,(H,15,16)/t8-,10-/m0/s1. The van der Waals surface area contributed by atoms with Crippen LogP contribution in [-0.2, 0) is 21.4 Å². The number of aliphatic carboxylic acids is 1. The Morgan fingerprint density at radius 2 is 2.16 bits per heavy atom. The lowest BCUT2D eigenvalue weighted by atomic mass is 10.0. The summed E-state index contributed by atoms with van der Waals surface area (Å²) in [5.74, 6) is -1.49. The van der Waals surface area contributed by atoms with E-state index in [1.807, 2.05) is 6.92 Å². The second-order valence-corrected chi connectivity index (χ2v) is 6.03. The summed E-state index contributed by atoms with van der Waals surface area (Å²) in [7, 11) is -3.91. The SMILES string of the molecule is CC[C@H](C)[C@H](NS(=O)(=O)c1cn(CC)cn1)C(=O)O. The number of carbonyl (C=O) groups is 1. The largest absolute Gasteiger partial charge is 0.480 e. The van der Waals surface area contributed by atoms with E-state index in [2.05, 4.69) is 9.71 Å². The summed E-state index contributed by atoms with van der Waals surface area (Å²) in [6.07, 6.45) is 3.33. The van der Waals surface area contributed by atoms with Crippen LogP contribution in [0.25, 0.3) is 0 Å². The van der Waals surface area contributed by atoms with Gasteiger partial charge in [-0.25, -0.2) is 13.4 Å². The molecular formula is C11H19N3O4S. The molecule has 0 aliphatic rings. The predicted octanol–water partition coefficient (Wildman–Crippen LogP) is 0.681. The molecule has 0 amide bonds. The van der Waals surface area contributed by atoms with Crippen LogP contribution in [0.3, 0.4) is 0 Å². The smallest absolute Gasteiger partial charge is 0.322 e. The van der Waals surface area contributed by atoms with Crippen LogP contribution in [0.4, 0.5) is 0 Å². The van der Waals surface area contributed by atoms with Crippen LogP contribution < -0.4 is 4.72 Å². The normalized spacial score (nSPS) is 15.1. The summed E-state index contributed by atoms with van der Waals surface area (Å²) in [6, 6.07) is -1.15. The number of imidazole rings is 1. The van der Waals surface area contributed by atoms with Crippen molar-refractivity contribution in [3.63, 3.8) is 0 Å². The summed E-state index contributed by atoms with van der Waals surface area (Å²) in [6.45, 7) is 5.94. The fourth-order valence-electron chi connectivity index (χ4n) is 1.52. The van der Waals surface area contributed by atoms with Gasteiger partial charge in [0.15, 0.2) is 5.03 Å². The number of nitrogens with zero attached hydrogens (tertiary/aromatic N) is 2. The van der Waals surface area contributed by atoms with Crippen molar-refractivity contribution in [2.45, 2.75) is 44.8 Å². The first-order valence-electron chi connectivity index (χ1n) is 6.08. The molecule has 7 nitrogen and oxygen atoms in total. The third-order valence-corrected chi connectivity index (χ3v) is 4.34. The van der Waals surface area contributed by atoms with E-state index in [0.29, 0.717) is 13.0 Å². The van der Waals surface area contributed by atoms with Gasteiger partial charge >= 0.3 is 5.97 Å². The molecule has 0 aliphatic carbocycles. The number of hydrogen-bond acceptors (Lipinski definition) is 4. The average molecular weight is 289 g/mol. The lowest BCUT2D eigenvalue weighted by Crippen LogP contribution is -2.45. The van der Waals surface area contributed by atoms with Gasteiger partial charge in [0.2, 0.25) is 0 Å². The van der Waals surface area contributed by atoms with Crippen molar-refractivity contribution in [2.24, 2.45) is 5.92 Å². The Morgan fingerprint density at radius 3 is 2.58 bits per heavy atom. The molecule has 1 rings (SSSR count). The van der Waals surface area contributed by atoms with Gasteiger partial charge in [-0.15, -0.1) is 0 Å². The van der Waals surface area contributed by atoms with E-state index in [9.17, 15) is 13.2 Å². The topological polar surface area (TPSA) is 101 Å². The van der Waals surface area contributed by atoms with Gasteiger partial charge in [-0.1, -0.05) is 20.3 Å². The third kappa shape index (κ3) is 3.77. The van der Waals surface area contributed by atoms with Gasteiger partial charge in [-0.2, -0.15) is 4.72 Å². The fourth-order valence-corrected chi connectivity index (χ4v) is 2.77. The highest BCUT2D eigenvalue weighted by atomic mass is 32.2. The second-order valence-electron chi connectivity index (χ2n) is 4.37. The van der Waals surface area contributed by atoms with Crippen molar-refractivity contribution in [2.75, 3.05) is 0 Å². The van der Waals surface area contributed by atoms with E-state index in [1.54, 1.807) is 18.4 Å². The molecule has 0 unspecified atom stereocenters. The van der Waals surface area contributed by atoms with Gasteiger partial charge in [-0.3, -0.25) is 4.79 Å². The predicted molar refractivity (Wildman–Crippen MR) is 69.1 cm³/mol. The Bertz CT molecular complexity index is 538. The lowest BCUT2D eigenvalue weighted by Gasteiger charge is -2.19. The number of rotatable bonds is 7. The quantitative estimate of drug-likeness (QED) is 0.768. The van der Waals surface area contributed by atoms with Gasteiger partial charge in [0.25, 0.3) is 10.0 Å². The van der Waals surface area contributed by atoms with E-state index >= 15 is 0 Å². The molecule has 0 aliphatic heterocycles. The lowest BCUT2D eigenvalue weighted by molar-refractivity contribution is -0.140. The van der Waals surface area contributed by atoms with Crippen molar-refractivity contribution < 1.29 is 18.3 Å². The molecule has 2 N–H and O–H groups in total. The molecule has 0 aromatic carbocycles. The first kappa shape index (κ1) is 15.6. The van der Waals surface area contributed by atoms with Crippen molar-refractivity contribution in [1.82, 2.24) is 14.3 Å². The zero-order valence-electron chi connectivity index (χ0n) is 11.2. The molecule has 0 fully saturated rings. The summed E-state index contributed by atoms with van der Waals surface area (Å²) >= 11 is 0. The molecule has 108 valence electrons. The highest BCUT2D eigenvalue weighted by Gasteiger charge is 2.30. The molecule has 19 heavy (non-hydrogen) atoms. The molecule has 0 spiro atoms. The van der Waals surface area contributed by atoms with Crippen LogP contribution in [0.2, 0.25) is 0 Å². The van der Waals surface area contributed by atoms with Gasteiger partial charge < -0.3 is 9.67 Å². The Morgan fingerprint density at radius 1 is 1.53 bits per heavy atom.